The fourth-order valence-electron chi connectivity index (χ4n) is 3.26. The van der Waals surface area contributed by atoms with Crippen molar-refractivity contribution in [3.63, 3.8) is 0 Å². The van der Waals surface area contributed by atoms with Crippen molar-refractivity contribution in [1.82, 2.24) is 16.0 Å². The van der Waals surface area contributed by atoms with Crippen LogP contribution in [0.25, 0.3) is 0 Å². The molecule has 4 atom stereocenters. The van der Waals surface area contributed by atoms with E-state index in [1.807, 2.05) is 0 Å². The number of carbonyl (C=O) groups is 4. The molecule has 14 heteroatoms. The van der Waals surface area contributed by atoms with Gasteiger partial charge in [-0.25, -0.2) is 4.79 Å². The number of aliphatic imine (C=N–C) groups is 1. The lowest BCUT2D eigenvalue weighted by atomic mass is 10.0. The summed E-state index contributed by atoms with van der Waals surface area (Å²) in [6.07, 6.45) is 0.576. The number of amides is 3. The standard InChI is InChI=1S/C23H37N7O6S/c1-12(2)18(22(35)36)30-20(33)16(4-3-9-27-23(25)26)28-21(34)17(11-37)29-19(32)15(24)10-13-5-7-14(31)8-6-13/h5-8,12,15-18,31,37H,3-4,9-11,24H2,1-2H3,(H,28,34)(H,29,32)(H,30,33)(H,35,36)(H4,25,26,27). The van der Waals surface area contributed by atoms with E-state index in [-0.39, 0.29) is 36.8 Å². The summed E-state index contributed by atoms with van der Waals surface area (Å²) < 4.78 is 0. The summed E-state index contributed by atoms with van der Waals surface area (Å²) in [5, 5.41) is 26.3. The largest absolute Gasteiger partial charge is 0.508 e. The Kier molecular flexibility index (Phi) is 13.3. The molecule has 0 bridgehead atoms. The quantitative estimate of drug-likeness (QED) is 0.0541. The summed E-state index contributed by atoms with van der Waals surface area (Å²) in [6.45, 7) is 3.46. The number of rotatable bonds is 15. The number of thiol groups is 1. The average Bonchev–Trinajstić information content (AvgIpc) is 2.83. The Balaban J connectivity index is 2.89. The first-order valence-corrected chi connectivity index (χ1v) is 12.3. The third kappa shape index (κ3) is 11.4. The van der Waals surface area contributed by atoms with E-state index in [1.165, 1.54) is 12.1 Å². The second-order valence-electron chi connectivity index (χ2n) is 8.80. The van der Waals surface area contributed by atoms with Crippen LogP contribution in [0.4, 0.5) is 0 Å². The van der Waals surface area contributed by atoms with Gasteiger partial charge in [0.05, 0.1) is 6.04 Å². The molecule has 3 amide bonds. The van der Waals surface area contributed by atoms with Gasteiger partial charge in [-0.05, 0) is 42.9 Å². The molecule has 1 rings (SSSR count). The van der Waals surface area contributed by atoms with Crippen molar-refractivity contribution in [3.05, 3.63) is 29.8 Å². The van der Waals surface area contributed by atoms with Crippen molar-refractivity contribution in [2.24, 2.45) is 28.1 Å². The molecule has 0 aromatic heterocycles. The smallest absolute Gasteiger partial charge is 0.326 e. The van der Waals surface area contributed by atoms with Gasteiger partial charge in [-0.3, -0.25) is 19.4 Å². The topological polar surface area (TPSA) is 235 Å². The van der Waals surface area contributed by atoms with E-state index in [4.69, 9.17) is 17.2 Å². The second-order valence-corrected chi connectivity index (χ2v) is 9.16. The Labute approximate surface area is 221 Å². The number of carboxylic acids is 1. The molecule has 0 saturated heterocycles. The van der Waals surface area contributed by atoms with Crippen LogP contribution in [-0.4, -0.2) is 76.3 Å². The highest BCUT2D eigenvalue weighted by Crippen LogP contribution is 2.11. The summed E-state index contributed by atoms with van der Waals surface area (Å²) in [5.74, 6) is -3.76. The fraction of sp³-hybridized carbons (Fsp3) is 0.522. The first kappa shape index (κ1) is 31.5. The Morgan fingerprint density at radius 1 is 0.973 bits per heavy atom. The van der Waals surface area contributed by atoms with Crippen molar-refractivity contribution >= 4 is 42.3 Å². The van der Waals surface area contributed by atoms with E-state index in [2.05, 4.69) is 33.6 Å². The van der Waals surface area contributed by atoms with Crippen molar-refractivity contribution in [2.45, 2.75) is 57.3 Å². The van der Waals surface area contributed by atoms with Gasteiger partial charge >= 0.3 is 5.97 Å². The molecular formula is C23H37N7O6S. The highest BCUT2D eigenvalue weighted by atomic mass is 32.1. The van der Waals surface area contributed by atoms with Gasteiger partial charge in [-0.2, -0.15) is 12.6 Å². The van der Waals surface area contributed by atoms with Gasteiger partial charge < -0.3 is 43.4 Å². The minimum atomic E-state index is -1.21. The number of aromatic hydroxyl groups is 1. The molecule has 1 aromatic rings. The van der Waals surface area contributed by atoms with Crippen molar-refractivity contribution in [3.8, 4) is 5.75 Å². The number of phenols is 1. The van der Waals surface area contributed by atoms with Crippen molar-refractivity contribution in [2.75, 3.05) is 12.3 Å². The lowest BCUT2D eigenvalue weighted by Crippen LogP contribution is -2.58. The third-order valence-corrected chi connectivity index (χ3v) is 5.72. The van der Waals surface area contributed by atoms with Crippen LogP contribution >= 0.6 is 12.6 Å². The van der Waals surface area contributed by atoms with Crippen LogP contribution < -0.4 is 33.2 Å². The number of hydrogen-bond donors (Lipinski definition) is 9. The maximum atomic E-state index is 12.9. The summed E-state index contributed by atoms with van der Waals surface area (Å²) in [5.41, 5.74) is 17.3. The number of hydrogen-bond acceptors (Lipinski definition) is 8. The van der Waals surface area contributed by atoms with Crippen LogP contribution in [0.3, 0.4) is 0 Å². The van der Waals surface area contributed by atoms with Crippen molar-refractivity contribution < 1.29 is 29.4 Å². The summed E-state index contributed by atoms with van der Waals surface area (Å²) >= 11 is 4.13. The molecule has 11 N–H and O–H groups in total. The molecule has 0 aliphatic carbocycles. The van der Waals surface area contributed by atoms with E-state index in [1.54, 1.807) is 26.0 Å². The van der Waals surface area contributed by atoms with Crippen LogP contribution in [-0.2, 0) is 25.6 Å². The number of nitrogens with two attached hydrogens (primary N) is 3. The molecule has 0 aliphatic rings. The first-order chi connectivity index (χ1) is 17.3. The van der Waals surface area contributed by atoms with Crippen LogP contribution in [0, 0.1) is 5.92 Å². The SMILES string of the molecule is CC(C)C(NC(=O)C(CCCN=C(N)N)NC(=O)C(CS)NC(=O)C(N)Cc1ccc(O)cc1)C(=O)O. The molecule has 4 unspecified atom stereocenters. The number of carboxylic acid groups (broad SMARTS) is 1. The third-order valence-electron chi connectivity index (χ3n) is 5.35. The van der Waals surface area contributed by atoms with Crippen LogP contribution in [0.1, 0.15) is 32.3 Å². The normalized spacial score (nSPS) is 14.1. The van der Waals surface area contributed by atoms with E-state index in [9.17, 15) is 29.4 Å². The zero-order valence-corrected chi connectivity index (χ0v) is 21.8. The summed E-state index contributed by atoms with van der Waals surface area (Å²) in [7, 11) is 0. The summed E-state index contributed by atoms with van der Waals surface area (Å²) in [4.78, 5) is 53.8. The lowest BCUT2D eigenvalue weighted by molar-refractivity contribution is -0.143. The molecule has 0 heterocycles. The Morgan fingerprint density at radius 3 is 2.05 bits per heavy atom. The zero-order chi connectivity index (χ0) is 28.1. The minimum absolute atomic E-state index is 0.0774. The Hall–Kier alpha value is -3.52. The predicted octanol–water partition coefficient (Wildman–Crippen LogP) is -1.56. The van der Waals surface area contributed by atoms with Gasteiger partial charge in [-0.1, -0.05) is 26.0 Å². The molecular weight excluding hydrogens is 502 g/mol. The minimum Gasteiger partial charge on any atom is -0.508 e. The Bertz CT molecular complexity index is 953. The van der Waals surface area contributed by atoms with Gasteiger partial charge in [0.15, 0.2) is 5.96 Å². The molecule has 0 saturated carbocycles. The predicted molar refractivity (Wildman–Crippen MR) is 142 cm³/mol. The second kappa shape index (κ2) is 15.6. The van der Waals surface area contributed by atoms with Gasteiger partial charge in [0, 0.05) is 12.3 Å². The van der Waals surface area contributed by atoms with Gasteiger partial charge in [-0.15, -0.1) is 0 Å². The number of benzene rings is 1. The van der Waals surface area contributed by atoms with Crippen molar-refractivity contribution in [1.29, 1.82) is 0 Å². The van der Waals surface area contributed by atoms with Crippen LogP contribution in [0.2, 0.25) is 0 Å². The van der Waals surface area contributed by atoms with E-state index in [0.717, 1.165) is 0 Å². The molecule has 13 nitrogen and oxygen atoms in total. The van der Waals surface area contributed by atoms with Gasteiger partial charge in [0.2, 0.25) is 17.7 Å². The Morgan fingerprint density at radius 2 is 1.54 bits per heavy atom. The summed E-state index contributed by atoms with van der Waals surface area (Å²) in [6, 6.07) is 1.80. The van der Waals surface area contributed by atoms with Crippen LogP contribution in [0.15, 0.2) is 29.3 Å². The number of aliphatic carboxylic acids is 1. The number of carbonyl (C=O) groups excluding carboxylic acids is 3. The maximum Gasteiger partial charge on any atom is 0.326 e. The molecule has 37 heavy (non-hydrogen) atoms. The number of guanidine groups is 1. The molecule has 0 aliphatic heterocycles. The molecule has 1 aromatic carbocycles. The molecule has 0 fully saturated rings. The van der Waals surface area contributed by atoms with E-state index in [0.29, 0.717) is 12.0 Å². The van der Waals surface area contributed by atoms with E-state index < -0.39 is 53.8 Å². The number of phenolic OH excluding ortho intramolecular Hbond substituents is 1. The zero-order valence-electron chi connectivity index (χ0n) is 20.9. The lowest BCUT2D eigenvalue weighted by Gasteiger charge is -2.25. The highest BCUT2D eigenvalue weighted by Gasteiger charge is 2.30. The first-order valence-electron chi connectivity index (χ1n) is 11.7. The molecule has 0 radical (unpaired) electrons. The maximum absolute atomic E-state index is 12.9. The number of nitrogens with zero attached hydrogens (tertiary/aromatic N) is 1. The fourth-order valence-corrected chi connectivity index (χ4v) is 3.52. The molecule has 0 spiro atoms. The average molecular weight is 540 g/mol. The molecule has 206 valence electrons. The number of nitrogens with one attached hydrogen (secondary N) is 3. The van der Waals surface area contributed by atoms with Crippen LogP contribution in [0.5, 0.6) is 5.75 Å². The van der Waals surface area contributed by atoms with Gasteiger partial charge in [0.1, 0.15) is 23.9 Å². The monoisotopic (exact) mass is 539 g/mol. The van der Waals surface area contributed by atoms with Gasteiger partial charge in [0.25, 0.3) is 0 Å². The highest BCUT2D eigenvalue weighted by molar-refractivity contribution is 7.80. The van der Waals surface area contributed by atoms with E-state index >= 15 is 0 Å².